The molecule has 0 spiro atoms. The predicted molar refractivity (Wildman–Crippen MR) is 133 cm³/mol. The van der Waals surface area contributed by atoms with Crippen molar-refractivity contribution in [3.05, 3.63) is 108 Å². The van der Waals surface area contributed by atoms with Crippen LogP contribution in [0.2, 0.25) is 0 Å². The molecule has 4 aromatic rings. The molecule has 35 heavy (non-hydrogen) atoms. The standard InChI is InChI=1S/C28H30FN3O3/c1-3-4-13-24(33)18-31(19-26-15-9-16-34-26)20-27-21(2)30-32(23-11-6-5-7-12-23)28(27)35-25-14-8-10-22(29)17-25/h3,5-12,14-17,24,33H,1,4,13,18-20H2,2H3. The molecule has 0 saturated carbocycles. The van der Waals surface area contributed by atoms with Gasteiger partial charge in [-0.25, -0.2) is 9.07 Å². The van der Waals surface area contributed by atoms with Gasteiger partial charge in [0.15, 0.2) is 0 Å². The minimum Gasteiger partial charge on any atom is -0.468 e. The average molecular weight is 476 g/mol. The lowest BCUT2D eigenvalue weighted by atomic mass is 10.1. The SMILES string of the molecule is C=CCCC(O)CN(Cc1ccco1)Cc1c(C)nn(-c2ccccc2)c1Oc1cccc(F)c1. The van der Waals surface area contributed by atoms with E-state index in [2.05, 4.69) is 11.5 Å². The molecule has 1 N–H and O–H groups in total. The molecule has 4 rings (SSSR count). The number of para-hydroxylation sites is 1. The van der Waals surface area contributed by atoms with Crippen molar-refractivity contribution in [3.63, 3.8) is 0 Å². The number of rotatable bonds is 12. The molecule has 1 atom stereocenters. The molecule has 0 fully saturated rings. The van der Waals surface area contributed by atoms with Crippen molar-refractivity contribution in [2.75, 3.05) is 6.54 Å². The Morgan fingerprint density at radius 1 is 1.14 bits per heavy atom. The second-order valence-electron chi connectivity index (χ2n) is 8.44. The van der Waals surface area contributed by atoms with E-state index in [1.54, 1.807) is 29.2 Å². The molecule has 0 aliphatic heterocycles. The Morgan fingerprint density at radius 2 is 1.97 bits per heavy atom. The Balaban J connectivity index is 1.69. The summed E-state index contributed by atoms with van der Waals surface area (Å²) in [7, 11) is 0. The molecule has 1 unspecified atom stereocenters. The number of aliphatic hydroxyl groups is 1. The first-order chi connectivity index (χ1) is 17.0. The van der Waals surface area contributed by atoms with Gasteiger partial charge >= 0.3 is 0 Å². The fourth-order valence-corrected chi connectivity index (χ4v) is 3.94. The zero-order valence-electron chi connectivity index (χ0n) is 19.8. The molecular formula is C28H30FN3O3. The Hall–Kier alpha value is -3.68. The van der Waals surface area contributed by atoms with E-state index >= 15 is 0 Å². The number of hydrogen-bond donors (Lipinski definition) is 1. The maximum absolute atomic E-state index is 13.9. The van der Waals surface area contributed by atoms with Crippen molar-refractivity contribution < 1.29 is 18.7 Å². The highest BCUT2D eigenvalue weighted by molar-refractivity contribution is 5.43. The number of benzene rings is 2. The lowest BCUT2D eigenvalue weighted by Crippen LogP contribution is -2.32. The normalized spacial score (nSPS) is 12.1. The van der Waals surface area contributed by atoms with Crippen LogP contribution in [0.4, 0.5) is 4.39 Å². The molecule has 6 nitrogen and oxygen atoms in total. The lowest BCUT2D eigenvalue weighted by Gasteiger charge is -2.24. The lowest BCUT2D eigenvalue weighted by molar-refractivity contribution is 0.0939. The summed E-state index contributed by atoms with van der Waals surface area (Å²) in [4.78, 5) is 2.10. The van der Waals surface area contributed by atoms with Crippen LogP contribution in [-0.2, 0) is 13.1 Å². The van der Waals surface area contributed by atoms with Gasteiger partial charge < -0.3 is 14.3 Å². The quantitative estimate of drug-likeness (QED) is 0.253. The van der Waals surface area contributed by atoms with E-state index in [1.807, 2.05) is 49.4 Å². The van der Waals surface area contributed by atoms with Crippen LogP contribution in [0, 0.1) is 12.7 Å². The fourth-order valence-electron chi connectivity index (χ4n) is 3.94. The van der Waals surface area contributed by atoms with Crippen molar-refractivity contribution >= 4 is 0 Å². The van der Waals surface area contributed by atoms with E-state index in [4.69, 9.17) is 14.3 Å². The molecule has 0 amide bonds. The zero-order chi connectivity index (χ0) is 24.6. The third-order valence-corrected chi connectivity index (χ3v) is 5.66. The summed E-state index contributed by atoms with van der Waals surface area (Å²) in [6.45, 7) is 7.07. The van der Waals surface area contributed by atoms with E-state index in [9.17, 15) is 9.50 Å². The number of nitrogens with zero attached hydrogens (tertiary/aromatic N) is 3. The minimum atomic E-state index is -0.528. The molecule has 0 radical (unpaired) electrons. The minimum absolute atomic E-state index is 0.378. The Bertz CT molecular complexity index is 1220. The predicted octanol–water partition coefficient (Wildman–Crippen LogP) is 6.03. The average Bonchev–Trinajstić information content (AvgIpc) is 3.47. The van der Waals surface area contributed by atoms with Crippen LogP contribution in [0.25, 0.3) is 5.69 Å². The van der Waals surface area contributed by atoms with Crippen molar-refractivity contribution in [3.8, 4) is 17.3 Å². The van der Waals surface area contributed by atoms with Crippen molar-refractivity contribution in [1.82, 2.24) is 14.7 Å². The number of halogens is 1. The topological polar surface area (TPSA) is 63.7 Å². The number of aryl methyl sites for hydroxylation is 1. The van der Waals surface area contributed by atoms with Gasteiger partial charge in [-0.1, -0.05) is 30.3 Å². The molecule has 0 bridgehead atoms. The molecule has 0 aliphatic rings. The third-order valence-electron chi connectivity index (χ3n) is 5.66. The maximum atomic E-state index is 13.9. The monoisotopic (exact) mass is 475 g/mol. The van der Waals surface area contributed by atoms with E-state index in [1.165, 1.54) is 12.1 Å². The summed E-state index contributed by atoms with van der Waals surface area (Å²) >= 11 is 0. The summed E-state index contributed by atoms with van der Waals surface area (Å²) < 4.78 is 27.5. The van der Waals surface area contributed by atoms with E-state index in [0.717, 1.165) is 29.1 Å². The number of aliphatic hydroxyl groups excluding tert-OH is 1. The van der Waals surface area contributed by atoms with Gasteiger partial charge in [-0.2, -0.15) is 5.10 Å². The fraction of sp³-hybridized carbons (Fsp3) is 0.250. The van der Waals surface area contributed by atoms with Gasteiger partial charge in [0.2, 0.25) is 5.88 Å². The summed E-state index contributed by atoms with van der Waals surface area (Å²) in [5.41, 5.74) is 2.46. The Kier molecular flexibility index (Phi) is 8.13. The maximum Gasteiger partial charge on any atom is 0.227 e. The second kappa shape index (κ2) is 11.6. The van der Waals surface area contributed by atoms with Crippen LogP contribution in [-0.4, -0.2) is 32.4 Å². The van der Waals surface area contributed by atoms with Crippen molar-refractivity contribution in [1.29, 1.82) is 0 Å². The molecule has 0 saturated heterocycles. The first kappa shape index (κ1) is 24.4. The van der Waals surface area contributed by atoms with Crippen LogP contribution in [0.3, 0.4) is 0 Å². The van der Waals surface area contributed by atoms with Gasteiger partial charge in [-0.15, -0.1) is 6.58 Å². The van der Waals surface area contributed by atoms with Crippen LogP contribution in [0.5, 0.6) is 11.6 Å². The van der Waals surface area contributed by atoms with Gasteiger partial charge in [0.05, 0.1) is 35.9 Å². The van der Waals surface area contributed by atoms with Gasteiger partial charge in [-0.05, 0) is 56.2 Å². The molecule has 182 valence electrons. The summed E-state index contributed by atoms with van der Waals surface area (Å²) in [6.07, 6.45) is 4.26. The first-order valence-electron chi connectivity index (χ1n) is 11.6. The van der Waals surface area contributed by atoms with Gasteiger partial charge in [0, 0.05) is 19.2 Å². The van der Waals surface area contributed by atoms with Crippen LogP contribution in [0.1, 0.15) is 29.9 Å². The molecule has 7 heteroatoms. The Labute approximate surface area is 204 Å². The summed E-state index contributed by atoms with van der Waals surface area (Å²) in [5.74, 6) is 1.30. The number of ether oxygens (including phenoxy) is 1. The van der Waals surface area contributed by atoms with Gasteiger partial charge in [0.25, 0.3) is 0 Å². The smallest absolute Gasteiger partial charge is 0.227 e. The number of allylic oxidation sites excluding steroid dienone is 1. The number of hydrogen-bond acceptors (Lipinski definition) is 5. The highest BCUT2D eigenvalue weighted by Gasteiger charge is 2.23. The molecule has 2 aromatic carbocycles. The van der Waals surface area contributed by atoms with Crippen LogP contribution >= 0.6 is 0 Å². The zero-order valence-corrected chi connectivity index (χ0v) is 19.8. The molecule has 2 heterocycles. The molecular weight excluding hydrogens is 445 g/mol. The van der Waals surface area contributed by atoms with E-state index in [-0.39, 0.29) is 5.82 Å². The van der Waals surface area contributed by atoms with Gasteiger partial charge in [0.1, 0.15) is 17.3 Å². The van der Waals surface area contributed by atoms with Crippen molar-refractivity contribution in [2.24, 2.45) is 0 Å². The number of aromatic nitrogens is 2. The van der Waals surface area contributed by atoms with Crippen molar-refractivity contribution in [2.45, 2.75) is 39.0 Å². The molecule has 2 aromatic heterocycles. The highest BCUT2D eigenvalue weighted by Crippen LogP contribution is 2.32. The van der Waals surface area contributed by atoms with Crippen LogP contribution < -0.4 is 4.74 Å². The van der Waals surface area contributed by atoms with Gasteiger partial charge in [-0.3, -0.25) is 4.90 Å². The summed E-state index contributed by atoms with van der Waals surface area (Å²) in [5, 5.41) is 15.4. The van der Waals surface area contributed by atoms with E-state index in [0.29, 0.717) is 37.7 Å². The summed E-state index contributed by atoms with van der Waals surface area (Å²) in [6, 6.07) is 19.5. The molecule has 0 aliphatic carbocycles. The number of furan rings is 1. The second-order valence-corrected chi connectivity index (χ2v) is 8.44. The van der Waals surface area contributed by atoms with Crippen LogP contribution in [0.15, 0.2) is 90.1 Å². The largest absolute Gasteiger partial charge is 0.468 e. The van der Waals surface area contributed by atoms with E-state index < -0.39 is 6.10 Å². The first-order valence-corrected chi connectivity index (χ1v) is 11.6. The Morgan fingerprint density at radius 3 is 2.69 bits per heavy atom. The highest BCUT2D eigenvalue weighted by atomic mass is 19.1. The third kappa shape index (κ3) is 6.47.